The first-order chi connectivity index (χ1) is 15.1. The first kappa shape index (κ1) is 19.7. The number of furan rings is 1. The average Bonchev–Trinajstić information content (AvgIpc) is 3.16. The van der Waals surface area contributed by atoms with Gasteiger partial charge in [-0.2, -0.15) is 0 Å². The summed E-state index contributed by atoms with van der Waals surface area (Å²) in [5.41, 5.74) is 2.16. The zero-order chi connectivity index (χ0) is 21.4. The molecular formula is C24H22ClN3O3. The van der Waals surface area contributed by atoms with Gasteiger partial charge in [-0.25, -0.2) is 4.98 Å². The number of carbonyl (C=O) groups is 1. The molecule has 1 N–H and O–H groups in total. The monoisotopic (exact) mass is 435 g/mol. The average molecular weight is 436 g/mol. The minimum Gasteiger partial charge on any atom is -0.495 e. The number of nitrogens with one attached hydrogen (secondary N) is 1. The summed E-state index contributed by atoms with van der Waals surface area (Å²) in [6.07, 6.45) is 3.16. The normalized spacial score (nSPS) is 14.8. The van der Waals surface area contributed by atoms with Crippen LogP contribution in [-0.4, -0.2) is 31.1 Å². The van der Waals surface area contributed by atoms with Crippen molar-refractivity contribution >= 4 is 51.0 Å². The molecule has 1 aliphatic heterocycles. The van der Waals surface area contributed by atoms with Crippen LogP contribution >= 0.6 is 11.6 Å². The standard InChI is InChI=1S/C24H22ClN3O3/c1-30-22-12-18-17-4-2-3-5-20(17)31-21(18)13-19(22)27-24(29)15-8-10-28(11-9-15)23-7-6-16(25)14-26-23/h2-7,12-15H,8-11H2,1H3,(H,27,29). The fraction of sp³-hybridized carbons (Fsp3) is 0.250. The molecule has 5 rings (SSSR count). The molecule has 0 radical (unpaired) electrons. The number of piperidine rings is 1. The second-order valence-electron chi connectivity index (χ2n) is 7.73. The van der Waals surface area contributed by atoms with E-state index in [-0.39, 0.29) is 11.8 Å². The predicted octanol–water partition coefficient (Wildman–Crippen LogP) is 5.50. The van der Waals surface area contributed by atoms with Crippen LogP contribution in [0.25, 0.3) is 21.9 Å². The zero-order valence-electron chi connectivity index (χ0n) is 17.1. The van der Waals surface area contributed by atoms with Crippen LogP contribution in [0, 0.1) is 5.92 Å². The fourth-order valence-corrected chi connectivity index (χ4v) is 4.29. The summed E-state index contributed by atoms with van der Waals surface area (Å²) in [6, 6.07) is 15.4. The molecule has 0 saturated carbocycles. The van der Waals surface area contributed by atoms with Gasteiger partial charge in [-0.1, -0.05) is 29.8 Å². The Kier molecular flexibility index (Phi) is 5.16. The smallest absolute Gasteiger partial charge is 0.227 e. The van der Waals surface area contributed by atoms with Crippen molar-refractivity contribution in [3.8, 4) is 5.75 Å². The van der Waals surface area contributed by atoms with Crippen LogP contribution in [0.2, 0.25) is 5.02 Å². The Labute approximate surface area is 184 Å². The molecular weight excluding hydrogens is 414 g/mol. The highest BCUT2D eigenvalue weighted by Gasteiger charge is 2.26. The lowest BCUT2D eigenvalue weighted by atomic mass is 9.95. The van der Waals surface area contributed by atoms with Gasteiger partial charge in [0.15, 0.2) is 0 Å². The molecule has 7 heteroatoms. The number of pyridine rings is 1. The number of nitrogens with zero attached hydrogens (tertiary/aromatic N) is 2. The molecule has 0 aliphatic carbocycles. The summed E-state index contributed by atoms with van der Waals surface area (Å²) in [5.74, 6) is 1.44. The van der Waals surface area contributed by atoms with E-state index in [1.165, 1.54) is 0 Å². The summed E-state index contributed by atoms with van der Waals surface area (Å²) in [6.45, 7) is 1.54. The van der Waals surface area contributed by atoms with E-state index in [2.05, 4.69) is 15.2 Å². The predicted molar refractivity (Wildman–Crippen MR) is 123 cm³/mol. The number of rotatable bonds is 4. The number of carbonyl (C=O) groups excluding carboxylic acids is 1. The zero-order valence-corrected chi connectivity index (χ0v) is 17.9. The lowest BCUT2D eigenvalue weighted by Crippen LogP contribution is -2.38. The number of hydrogen-bond acceptors (Lipinski definition) is 5. The molecule has 1 fully saturated rings. The van der Waals surface area contributed by atoms with Crippen LogP contribution < -0.4 is 15.0 Å². The molecule has 2 aromatic heterocycles. The molecule has 31 heavy (non-hydrogen) atoms. The molecule has 3 heterocycles. The van der Waals surface area contributed by atoms with Crippen molar-refractivity contribution in [2.75, 3.05) is 30.4 Å². The Balaban J connectivity index is 1.32. The lowest BCUT2D eigenvalue weighted by Gasteiger charge is -2.32. The van der Waals surface area contributed by atoms with Crippen LogP contribution in [0.4, 0.5) is 11.5 Å². The van der Waals surface area contributed by atoms with E-state index >= 15 is 0 Å². The fourth-order valence-electron chi connectivity index (χ4n) is 4.18. The first-order valence-electron chi connectivity index (χ1n) is 10.3. The number of amides is 1. The maximum atomic E-state index is 13.0. The highest BCUT2D eigenvalue weighted by atomic mass is 35.5. The second-order valence-corrected chi connectivity index (χ2v) is 8.17. The number of methoxy groups -OCH3 is 1. The van der Waals surface area contributed by atoms with Crippen molar-refractivity contribution in [1.29, 1.82) is 0 Å². The van der Waals surface area contributed by atoms with E-state index < -0.39 is 0 Å². The van der Waals surface area contributed by atoms with Crippen molar-refractivity contribution in [3.05, 3.63) is 59.8 Å². The van der Waals surface area contributed by atoms with Crippen molar-refractivity contribution in [2.45, 2.75) is 12.8 Å². The molecule has 0 atom stereocenters. The number of fused-ring (bicyclic) bond motifs is 3. The summed E-state index contributed by atoms with van der Waals surface area (Å²) < 4.78 is 11.5. The molecule has 0 unspecified atom stereocenters. The second kappa shape index (κ2) is 8.12. The molecule has 2 aromatic carbocycles. The van der Waals surface area contributed by atoms with E-state index in [1.54, 1.807) is 13.3 Å². The van der Waals surface area contributed by atoms with Gasteiger partial charge in [0.25, 0.3) is 0 Å². The minimum atomic E-state index is -0.0698. The lowest BCUT2D eigenvalue weighted by molar-refractivity contribution is -0.120. The molecule has 1 aliphatic rings. The molecule has 0 spiro atoms. The van der Waals surface area contributed by atoms with Gasteiger partial charge in [0.05, 0.1) is 17.8 Å². The third-order valence-electron chi connectivity index (χ3n) is 5.86. The van der Waals surface area contributed by atoms with Crippen molar-refractivity contribution in [2.24, 2.45) is 5.92 Å². The summed E-state index contributed by atoms with van der Waals surface area (Å²) in [7, 11) is 1.61. The highest BCUT2D eigenvalue weighted by molar-refractivity contribution is 6.30. The summed E-state index contributed by atoms with van der Waals surface area (Å²) in [5, 5.41) is 5.66. The number of aromatic nitrogens is 1. The van der Waals surface area contributed by atoms with Gasteiger partial charge in [-0.15, -0.1) is 0 Å². The number of halogens is 1. The summed E-state index contributed by atoms with van der Waals surface area (Å²) in [4.78, 5) is 19.5. The minimum absolute atomic E-state index is 0.00234. The number of para-hydroxylation sites is 1. The summed E-state index contributed by atoms with van der Waals surface area (Å²) >= 11 is 5.93. The largest absolute Gasteiger partial charge is 0.495 e. The quantitative estimate of drug-likeness (QED) is 0.458. The Morgan fingerprint density at radius 2 is 1.94 bits per heavy atom. The maximum absolute atomic E-state index is 13.0. The van der Waals surface area contributed by atoms with Crippen molar-refractivity contribution in [1.82, 2.24) is 4.98 Å². The van der Waals surface area contributed by atoms with Crippen LogP contribution in [0.5, 0.6) is 5.75 Å². The van der Waals surface area contributed by atoms with E-state index in [0.29, 0.717) is 16.5 Å². The Bertz CT molecular complexity index is 1240. The molecule has 1 saturated heterocycles. The highest BCUT2D eigenvalue weighted by Crippen LogP contribution is 2.37. The maximum Gasteiger partial charge on any atom is 0.227 e. The number of benzene rings is 2. The molecule has 0 bridgehead atoms. The van der Waals surface area contributed by atoms with E-state index in [1.807, 2.05) is 48.5 Å². The third kappa shape index (κ3) is 3.79. The number of anilines is 2. The van der Waals surface area contributed by atoms with Crippen molar-refractivity contribution < 1.29 is 13.9 Å². The Morgan fingerprint density at radius 3 is 2.68 bits per heavy atom. The molecule has 4 aromatic rings. The molecule has 158 valence electrons. The number of ether oxygens (including phenoxy) is 1. The van der Waals surface area contributed by atoms with Crippen LogP contribution in [-0.2, 0) is 4.79 Å². The van der Waals surface area contributed by atoms with Gasteiger partial charge in [-0.05, 0) is 37.1 Å². The van der Waals surface area contributed by atoms with Crippen LogP contribution in [0.3, 0.4) is 0 Å². The number of hydrogen-bond donors (Lipinski definition) is 1. The van der Waals surface area contributed by atoms with Crippen molar-refractivity contribution in [3.63, 3.8) is 0 Å². The Morgan fingerprint density at radius 1 is 1.13 bits per heavy atom. The van der Waals surface area contributed by atoms with Gasteiger partial charge in [0, 0.05) is 42.0 Å². The topological polar surface area (TPSA) is 67.6 Å². The van der Waals surface area contributed by atoms with E-state index in [9.17, 15) is 4.79 Å². The van der Waals surface area contributed by atoms with Gasteiger partial charge in [0.2, 0.25) is 5.91 Å². The van der Waals surface area contributed by atoms with Crippen LogP contribution in [0.15, 0.2) is 59.1 Å². The van der Waals surface area contributed by atoms with Gasteiger partial charge >= 0.3 is 0 Å². The van der Waals surface area contributed by atoms with Crippen LogP contribution in [0.1, 0.15) is 12.8 Å². The third-order valence-corrected chi connectivity index (χ3v) is 6.08. The first-order valence-corrected chi connectivity index (χ1v) is 10.7. The van der Waals surface area contributed by atoms with E-state index in [4.69, 9.17) is 20.8 Å². The van der Waals surface area contributed by atoms with Gasteiger partial charge in [0.1, 0.15) is 22.7 Å². The Hall–Kier alpha value is -3.25. The van der Waals surface area contributed by atoms with Gasteiger partial charge in [-0.3, -0.25) is 4.79 Å². The molecule has 6 nitrogen and oxygen atoms in total. The van der Waals surface area contributed by atoms with Gasteiger partial charge < -0.3 is 19.4 Å². The SMILES string of the molecule is COc1cc2c(cc1NC(=O)C1CCN(c3ccc(Cl)cn3)CC1)oc1ccccc12. The molecule has 1 amide bonds. The van der Waals surface area contributed by atoms with E-state index in [0.717, 1.165) is 53.7 Å².